The van der Waals surface area contributed by atoms with Gasteiger partial charge >= 0.3 is 0 Å². The first kappa shape index (κ1) is 15.7. The van der Waals surface area contributed by atoms with Crippen LogP contribution in [0, 0.1) is 0 Å². The summed E-state index contributed by atoms with van der Waals surface area (Å²) in [4.78, 5) is 8.47. The van der Waals surface area contributed by atoms with Gasteiger partial charge in [0.15, 0.2) is 5.82 Å². The molecule has 7 nitrogen and oxygen atoms in total. The van der Waals surface area contributed by atoms with E-state index in [1.54, 1.807) is 18.6 Å². The predicted octanol–water partition coefficient (Wildman–Crippen LogP) is 3.02. The molecule has 0 radical (unpaired) electrons. The van der Waals surface area contributed by atoms with Crippen LogP contribution in [0.25, 0.3) is 0 Å². The van der Waals surface area contributed by atoms with Gasteiger partial charge in [0, 0.05) is 24.6 Å². The third-order valence-corrected chi connectivity index (χ3v) is 3.17. The number of ether oxygens (including phenoxy) is 1. The van der Waals surface area contributed by atoms with Crippen LogP contribution in [-0.4, -0.2) is 26.8 Å². The van der Waals surface area contributed by atoms with Gasteiger partial charge in [0.2, 0.25) is 5.95 Å². The normalized spacial score (nSPS) is 10.2. The van der Waals surface area contributed by atoms with E-state index in [1.165, 1.54) is 0 Å². The van der Waals surface area contributed by atoms with Crippen LogP contribution in [0.2, 0.25) is 0 Å². The van der Waals surface area contributed by atoms with Crippen molar-refractivity contribution >= 4 is 17.5 Å². The molecule has 3 aromatic rings. The van der Waals surface area contributed by atoms with Crippen LogP contribution < -0.4 is 15.4 Å². The molecule has 7 heteroatoms. The zero-order valence-electron chi connectivity index (χ0n) is 13.3. The number of aromatic nitrogens is 4. The lowest BCUT2D eigenvalue weighted by molar-refractivity contribution is 0.340. The summed E-state index contributed by atoms with van der Waals surface area (Å²) in [6, 6.07) is 11.5. The molecule has 0 aliphatic carbocycles. The van der Waals surface area contributed by atoms with E-state index in [0.29, 0.717) is 24.9 Å². The summed E-state index contributed by atoms with van der Waals surface area (Å²) in [5, 5.41) is 14.3. The summed E-state index contributed by atoms with van der Waals surface area (Å²) in [7, 11) is 0. The third-order valence-electron chi connectivity index (χ3n) is 3.17. The largest absolute Gasteiger partial charge is 0.494 e. The van der Waals surface area contributed by atoms with E-state index in [4.69, 9.17) is 4.74 Å². The fourth-order valence-corrected chi connectivity index (χ4v) is 2.07. The zero-order chi connectivity index (χ0) is 16.6. The molecule has 0 spiro atoms. The van der Waals surface area contributed by atoms with Crippen molar-refractivity contribution in [3.8, 4) is 5.75 Å². The molecule has 2 N–H and O–H groups in total. The van der Waals surface area contributed by atoms with Gasteiger partial charge in [0.25, 0.3) is 0 Å². The van der Waals surface area contributed by atoms with Crippen molar-refractivity contribution in [2.45, 2.75) is 13.5 Å². The Morgan fingerprint density at radius 3 is 2.71 bits per heavy atom. The van der Waals surface area contributed by atoms with Gasteiger partial charge in [0.1, 0.15) is 5.75 Å². The van der Waals surface area contributed by atoms with Crippen LogP contribution >= 0.6 is 0 Å². The fraction of sp³-hybridized carbons (Fsp3) is 0.176. The number of hydrogen-bond donors (Lipinski definition) is 2. The van der Waals surface area contributed by atoms with Crippen LogP contribution in [0.15, 0.2) is 55.0 Å². The van der Waals surface area contributed by atoms with Crippen LogP contribution in [-0.2, 0) is 6.54 Å². The molecule has 1 aromatic carbocycles. The molecule has 0 aliphatic heterocycles. The Hall–Kier alpha value is -3.22. The van der Waals surface area contributed by atoms with Gasteiger partial charge in [-0.1, -0.05) is 6.07 Å². The van der Waals surface area contributed by atoms with Crippen LogP contribution in [0.1, 0.15) is 12.5 Å². The predicted molar refractivity (Wildman–Crippen MR) is 92.3 cm³/mol. The minimum atomic E-state index is 0.454. The van der Waals surface area contributed by atoms with Gasteiger partial charge in [-0.05, 0) is 42.8 Å². The van der Waals surface area contributed by atoms with E-state index >= 15 is 0 Å². The van der Waals surface area contributed by atoms with Gasteiger partial charge in [-0.3, -0.25) is 4.98 Å². The number of benzene rings is 1. The Balaban J connectivity index is 1.62. The first-order valence-electron chi connectivity index (χ1n) is 7.66. The number of rotatable bonds is 7. The fourth-order valence-electron chi connectivity index (χ4n) is 2.07. The molecule has 0 aliphatic rings. The van der Waals surface area contributed by atoms with E-state index in [-0.39, 0.29) is 0 Å². The zero-order valence-corrected chi connectivity index (χ0v) is 13.3. The lowest BCUT2D eigenvalue weighted by atomic mass is 10.3. The first-order valence-corrected chi connectivity index (χ1v) is 7.66. The lowest BCUT2D eigenvalue weighted by Crippen LogP contribution is -2.06. The Kier molecular flexibility index (Phi) is 5.14. The lowest BCUT2D eigenvalue weighted by Gasteiger charge is -2.08. The highest BCUT2D eigenvalue weighted by Crippen LogP contribution is 2.19. The van der Waals surface area contributed by atoms with Crippen LogP contribution in [0.4, 0.5) is 17.5 Å². The summed E-state index contributed by atoms with van der Waals surface area (Å²) in [6.45, 7) is 3.19. The molecule has 2 aromatic heterocycles. The van der Waals surface area contributed by atoms with Crippen molar-refractivity contribution < 1.29 is 4.74 Å². The minimum absolute atomic E-state index is 0.454. The molecule has 0 bridgehead atoms. The van der Waals surface area contributed by atoms with Gasteiger partial charge < -0.3 is 15.4 Å². The van der Waals surface area contributed by atoms with Crippen LogP contribution in [0.5, 0.6) is 5.75 Å². The Bertz CT molecular complexity index is 764. The smallest absolute Gasteiger partial charge is 0.244 e. The molecule has 0 fully saturated rings. The molecular formula is C17H18N6O. The van der Waals surface area contributed by atoms with Crippen molar-refractivity contribution in [3.63, 3.8) is 0 Å². The second kappa shape index (κ2) is 7.87. The molecule has 2 heterocycles. The number of nitrogens with zero attached hydrogens (tertiary/aromatic N) is 4. The van der Waals surface area contributed by atoms with E-state index in [2.05, 4.69) is 30.8 Å². The molecule has 0 amide bonds. The molecule has 24 heavy (non-hydrogen) atoms. The van der Waals surface area contributed by atoms with Crippen LogP contribution in [0.3, 0.4) is 0 Å². The SMILES string of the molecule is CCOc1ccc(Nc2cnnc(NCc3cccnc3)n2)cc1. The molecule has 3 rings (SSSR count). The average molecular weight is 322 g/mol. The molecule has 122 valence electrons. The standard InChI is InChI=1S/C17H18N6O/c1-2-24-15-7-5-14(6-8-15)21-16-12-20-23-17(22-16)19-11-13-4-3-9-18-10-13/h3-10,12H,2,11H2,1H3,(H2,19,21,22,23). The highest BCUT2D eigenvalue weighted by atomic mass is 16.5. The maximum Gasteiger partial charge on any atom is 0.244 e. The Morgan fingerprint density at radius 1 is 1.08 bits per heavy atom. The average Bonchev–Trinajstić information content (AvgIpc) is 2.63. The third kappa shape index (κ3) is 4.39. The van der Waals surface area contributed by atoms with Crippen molar-refractivity contribution in [3.05, 3.63) is 60.6 Å². The number of anilines is 3. The van der Waals surface area contributed by atoms with E-state index in [0.717, 1.165) is 17.0 Å². The number of pyridine rings is 1. The summed E-state index contributed by atoms with van der Waals surface area (Å²) in [6.07, 6.45) is 5.11. The van der Waals surface area contributed by atoms with E-state index < -0.39 is 0 Å². The van der Waals surface area contributed by atoms with Crippen molar-refractivity contribution in [1.29, 1.82) is 0 Å². The monoisotopic (exact) mass is 322 g/mol. The second-order valence-electron chi connectivity index (χ2n) is 4.96. The highest BCUT2D eigenvalue weighted by Gasteiger charge is 2.02. The second-order valence-corrected chi connectivity index (χ2v) is 4.96. The number of hydrogen-bond acceptors (Lipinski definition) is 7. The highest BCUT2D eigenvalue weighted by molar-refractivity contribution is 5.57. The van der Waals surface area contributed by atoms with Gasteiger partial charge in [-0.25, -0.2) is 0 Å². The van der Waals surface area contributed by atoms with Crippen molar-refractivity contribution in [1.82, 2.24) is 20.2 Å². The Labute approximate surface area is 140 Å². The van der Waals surface area contributed by atoms with Gasteiger partial charge in [0.05, 0.1) is 12.8 Å². The molecule has 0 atom stereocenters. The van der Waals surface area contributed by atoms with E-state index in [1.807, 2.05) is 43.3 Å². The maximum absolute atomic E-state index is 5.42. The maximum atomic E-state index is 5.42. The summed E-state index contributed by atoms with van der Waals surface area (Å²) in [5.41, 5.74) is 1.95. The van der Waals surface area contributed by atoms with Crippen molar-refractivity contribution in [2.24, 2.45) is 0 Å². The number of nitrogens with one attached hydrogen (secondary N) is 2. The summed E-state index contributed by atoms with van der Waals surface area (Å²) in [5.74, 6) is 1.90. The minimum Gasteiger partial charge on any atom is -0.494 e. The van der Waals surface area contributed by atoms with Gasteiger partial charge in [-0.15, -0.1) is 5.10 Å². The molecule has 0 saturated heterocycles. The molecular weight excluding hydrogens is 304 g/mol. The van der Waals surface area contributed by atoms with Gasteiger partial charge in [-0.2, -0.15) is 10.1 Å². The Morgan fingerprint density at radius 2 is 1.96 bits per heavy atom. The first-order chi connectivity index (χ1) is 11.8. The van der Waals surface area contributed by atoms with Crippen molar-refractivity contribution in [2.75, 3.05) is 17.2 Å². The topological polar surface area (TPSA) is 84.9 Å². The molecule has 0 saturated carbocycles. The van der Waals surface area contributed by atoms with E-state index in [9.17, 15) is 0 Å². The summed E-state index contributed by atoms with van der Waals surface area (Å²) < 4.78 is 5.42. The molecule has 0 unspecified atom stereocenters. The quantitative estimate of drug-likeness (QED) is 0.691. The summed E-state index contributed by atoms with van der Waals surface area (Å²) >= 11 is 0.